The third-order valence-corrected chi connectivity index (χ3v) is 3.50. The fourth-order valence-corrected chi connectivity index (χ4v) is 2.35. The van der Waals surface area contributed by atoms with Gasteiger partial charge in [-0.2, -0.15) is 0 Å². The topological polar surface area (TPSA) is 81.6 Å². The highest BCUT2D eigenvalue weighted by Crippen LogP contribution is 2.21. The zero-order valence-corrected chi connectivity index (χ0v) is 11.1. The second-order valence-corrected chi connectivity index (χ2v) is 5.04. The molecule has 19 heavy (non-hydrogen) atoms. The SMILES string of the molecule is O=C(NC[C@H](O)c1ccccc1Cl)[C@H]1C[C@H](O)CN1. The van der Waals surface area contributed by atoms with Gasteiger partial charge in [-0.05, 0) is 12.5 Å². The second-order valence-electron chi connectivity index (χ2n) is 4.63. The Morgan fingerprint density at radius 1 is 1.53 bits per heavy atom. The van der Waals surface area contributed by atoms with Gasteiger partial charge in [-0.1, -0.05) is 29.8 Å². The molecule has 3 atom stereocenters. The van der Waals surface area contributed by atoms with Gasteiger partial charge in [-0.15, -0.1) is 0 Å². The fraction of sp³-hybridized carbons (Fsp3) is 0.462. The summed E-state index contributed by atoms with van der Waals surface area (Å²) in [6.07, 6.45) is -0.929. The summed E-state index contributed by atoms with van der Waals surface area (Å²) in [5, 5.41) is 25.3. The van der Waals surface area contributed by atoms with Crippen LogP contribution < -0.4 is 10.6 Å². The van der Waals surface area contributed by atoms with E-state index in [0.717, 1.165) is 0 Å². The van der Waals surface area contributed by atoms with E-state index in [0.29, 0.717) is 23.6 Å². The number of carbonyl (C=O) groups is 1. The van der Waals surface area contributed by atoms with Gasteiger partial charge in [0.15, 0.2) is 0 Å². The average molecular weight is 285 g/mol. The van der Waals surface area contributed by atoms with Gasteiger partial charge in [-0.3, -0.25) is 4.79 Å². The molecule has 1 aromatic carbocycles. The number of aliphatic hydroxyl groups excluding tert-OH is 2. The molecule has 0 radical (unpaired) electrons. The number of nitrogens with one attached hydrogen (secondary N) is 2. The largest absolute Gasteiger partial charge is 0.392 e. The van der Waals surface area contributed by atoms with Gasteiger partial charge in [0.1, 0.15) is 0 Å². The zero-order valence-electron chi connectivity index (χ0n) is 10.3. The van der Waals surface area contributed by atoms with Crippen LogP contribution in [-0.4, -0.2) is 41.4 Å². The van der Waals surface area contributed by atoms with Gasteiger partial charge in [0, 0.05) is 23.7 Å². The van der Waals surface area contributed by atoms with Crippen molar-refractivity contribution in [2.45, 2.75) is 24.7 Å². The standard InChI is InChI=1S/C13H17ClN2O3/c14-10-4-2-1-3-9(10)12(18)7-16-13(19)11-5-8(17)6-15-11/h1-4,8,11-12,15,17-18H,5-7H2,(H,16,19)/t8-,11+,12-/m0/s1. The normalized spacial score (nSPS) is 24.2. The highest BCUT2D eigenvalue weighted by Gasteiger charge is 2.28. The summed E-state index contributed by atoms with van der Waals surface area (Å²) in [5.41, 5.74) is 0.587. The molecule has 0 unspecified atom stereocenters. The number of hydrogen-bond donors (Lipinski definition) is 4. The Morgan fingerprint density at radius 2 is 2.26 bits per heavy atom. The van der Waals surface area contributed by atoms with E-state index in [-0.39, 0.29) is 12.5 Å². The lowest BCUT2D eigenvalue weighted by molar-refractivity contribution is -0.123. The highest BCUT2D eigenvalue weighted by molar-refractivity contribution is 6.31. The molecule has 1 aromatic rings. The molecule has 1 heterocycles. The van der Waals surface area contributed by atoms with E-state index < -0.39 is 18.2 Å². The summed E-state index contributed by atoms with van der Waals surface area (Å²) in [6.45, 7) is 0.516. The van der Waals surface area contributed by atoms with Crippen molar-refractivity contribution >= 4 is 17.5 Å². The molecule has 0 aromatic heterocycles. The van der Waals surface area contributed by atoms with E-state index in [1.165, 1.54) is 0 Å². The number of rotatable bonds is 4. The quantitative estimate of drug-likeness (QED) is 0.637. The first-order valence-electron chi connectivity index (χ1n) is 6.19. The van der Waals surface area contributed by atoms with Gasteiger partial charge in [-0.25, -0.2) is 0 Å². The van der Waals surface area contributed by atoms with Gasteiger partial charge in [0.05, 0.1) is 18.2 Å². The van der Waals surface area contributed by atoms with Crippen LogP contribution in [0, 0.1) is 0 Å². The molecule has 0 saturated carbocycles. The minimum absolute atomic E-state index is 0.0941. The molecule has 1 amide bonds. The van der Waals surface area contributed by atoms with Crippen LogP contribution in [0.1, 0.15) is 18.1 Å². The van der Waals surface area contributed by atoms with E-state index in [4.69, 9.17) is 11.6 Å². The summed E-state index contributed by atoms with van der Waals surface area (Å²) >= 11 is 5.96. The Labute approximate surface area is 116 Å². The first kappa shape index (κ1) is 14.3. The molecule has 0 bridgehead atoms. The smallest absolute Gasteiger partial charge is 0.237 e. The molecule has 1 aliphatic rings. The molecule has 2 rings (SSSR count). The number of halogens is 1. The Morgan fingerprint density at radius 3 is 2.89 bits per heavy atom. The maximum Gasteiger partial charge on any atom is 0.237 e. The summed E-state index contributed by atoms with van der Waals surface area (Å²) < 4.78 is 0. The molecule has 1 fully saturated rings. The van der Waals surface area contributed by atoms with Crippen molar-refractivity contribution < 1.29 is 15.0 Å². The van der Waals surface area contributed by atoms with Crippen molar-refractivity contribution in [3.05, 3.63) is 34.9 Å². The Balaban J connectivity index is 1.85. The Kier molecular flexibility index (Phi) is 4.76. The Bertz CT molecular complexity index is 455. The summed E-state index contributed by atoms with van der Waals surface area (Å²) in [6, 6.07) is 6.57. The van der Waals surface area contributed by atoms with Crippen molar-refractivity contribution in [1.29, 1.82) is 0 Å². The van der Waals surface area contributed by atoms with Crippen LogP contribution >= 0.6 is 11.6 Å². The number of amides is 1. The summed E-state index contributed by atoms with van der Waals surface area (Å²) in [7, 11) is 0. The van der Waals surface area contributed by atoms with Crippen LogP contribution in [0.4, 0.5) is 0 Å². The lowest BCUT2D eigenvalue weighted by atomic mass is 10.1. The van der Waals surface area contributed by atoms with Gasteiger partial charge >= 0.3 is 0 Å². The molecule has 0 aliphatic carbocycles. The molecule has 0 spiro atoms. The predicted octanol–water partition coefficient (Wildman–Crippen LogP) is 0.212. The second kappa shape index (κ2) is 6.34. The number of aliphatic hydroxyl groups is 2. The van der Waals surface area contributed by atoms with E-state index in [2.05, 4.69) is 10.6 Å². The molecule has 1 saturated heterocycles. The first-order valence-corrected chi connectivity index (χ1v) is 6.57. The monoisotopic (exact) mass is 284 g/mol. The number of carbonyl (C=O) groups excluding carboxylic acids is 1. The number of benzene rings is 1. The van der Waals surface area contributed by atoms with Crippen molar-refractivity contribution in [2.75, 3.05) is 13.1 Å². The number of β-amino-alcohol motifs (C(OH)–C–C–N with tert-alkyl or cyclic N) is 1. The lowest BCUT2D eigenvalue weighted by Crippen LogP contribution is -2.41. The van der Waals surface area contributed by atoms with Gasteiger partial charge < -0.3 is 20.8 Å². The molecular weight excluding hydrogens is 268 g/mol. The van der Waals surface area contributed by atoms with Crippen molar-refractivity contribution in [2.24, 2.45) is 0 Å². The first-order chi connectivity index (χ1) is 9.08. The van der Waals surface area contributed by atoms with Gasteiger partial charge in [0.25, 0.3) is 0 Å². The van der Waals surface area contributed by atoms with E-state index in [9.17, 15) is 15.0 Å². The van der Waals surface area contributed by atoms with Crippen molar-refractivity contribution in [3.8, 4) is 0 Å². The van der Waals surface area contributed by atoms with Crippen LogP contribution in [0.25, 0.3) is 0 Å². The summed E-state index contributed by atoms with van der Waals surface area (Å²) in [5.74, 6) is -0.220. The highest BCUT2D eigenvalue weighted by atomic mass is 35.5. The number of hydrogen-bond acceptors (Lipinski definition) is 4. The molecule has 4 N–H and O–H groups in total. The third kappa shape index (κ3) is 3.67. The minimum Gasteiger partial charge on any atom is -0.392 e. The maximum atomic E-state index is 11.8. The molecular formula is C13H17ClN2O3. The van der Waals surface area contributed by atoms with Crippen molar-refractivity contribution in [3.63, 3.8) is 0 Å². The average Bonchev–Trinajstić information content (AvgIpc) is 2.83. The van der Waals surface area contributed by atoms with E-state index in [1.54, 1.807) is 24.3 Å². The third-order valence-electron chi connectivity index (χ3n) is 3.16. The van der Waals surface area contributed by atoms with Crippen LogP contribution in [0.5, 0.6) is 0 Å². The molecule has 6 heteroatoms. The lowest BCUT2D eigenvalue weighted by Gasteiger charge is -2.16. The summed E-state index contributed by atoms with van der Waals surface area (Å²) in [4.78, 5) is 11.8. The Hall–Kier alpha value is -1.14. The predicted molar refractivity (Wildman–Crippen MR) is 71.8 cm³/mol. The van der Waals surface area contributed by atoms with Crippen LogP contribution in [0.3, 0.4) is 0 Å². The maximum absolute atomic E-state index is 11.8. The molecule has 104 valence electrons. The van der Waals surface area contributed by atoms with E-state index in [1.807, 2.05) is 0 Å². The zero-order chi connectivity index (χ0) is 13.8. The fourth-order valence-electron chi connectivity index (χ4n) is 2.09. The van der Waals surface area contributed by atoms with Crippen LogP contribution in [-0.2, 0) is 4.79 Å². The van der Waals surface area contributed by atoms with Gasteiger partial charge in [0.2, 0.25) is 5.91 Å². The molecule has 5 nitrogen and oxygen atoms in total. The van der Waals surface area contributed by atoms with E-state index >= 15 is 0 Å². The van der Waals surface area contributed by atoms with Crippen LogP contribution in [0.15, 0.2) is 24.3 Å². The van der Waals surface area contributed by atoms with Crippen molar-refractivity contribution in [1.82, 2.24) is 10.6 Å². The molecule has 1 aliphatic heterocycles. The minimum atomic E-state index is -0.844. The van der Waals surface area contributed by atoms with Crippen LogP contribution in [0.2, 0.25) is 5.02 Å².